The number of benzene rings is 2. The third-order valence-corrected chi connectivity index (χ3v) is 4.21. The molecule has 0 saturated carbocycles. The van der Waals surface area contributed by atoms with Crippen molar-refractivity contribution in [2.24, 2.45) is 0 Å². The largest absolute Gasteiger partial charge is 0.497 e. The summed E-state index contributed by atoms with van der Waals surface area (Å²) in [5.41, 5.74) is 1.12. The summed E-state index contributed by atoms with van der Waals surface area (Å²) in [7, 11) is 3.16. The zero-order chi connectivity index (χ0) is 19.3. The molecule has 2 aromatic rings. The van der Waals surface area contributed by atoms with Crippen LogP contribution in [0.5, 0.6) is 11.5 Å². The standard InChI is InChI=1S/C17H18ClN3O4S/c1-10(13-9-12(24-2)5-7-16(13)25-3)19-17(26)20-15-8-11(21(22)23)4-6-14(15)18/h4-10H,1-3H3,(H2,19,20,26)/t10-/m0/s1. The fraction of sp³-hybridized carbons (Fsp3) is 0.235. The molecule has 26 heavy (non-hydrogen) atoms. The van der Waals surface area contributed by atoms with E-state index < -0.39 is 4.92 Å². The number of methoxy groups -OCH3 is 2. The number of rotatable bonds is 6. The van der Waals surface area contributed by atoms with Crippen LogP contribution in [-0.2, 0) is 0 Å². The van der Waals surface area contributed by atoms with E-state index in [4.69, 9.17) is 33.3 Å². The molecule has 0 aliphatic rings. The summed E-state index contributed by atoms with van der Waals surface area (Å²) < 4.78 is 10.6. The molecule has 0 spiro atoms. The van der Waals surface area contributed by atoms with Crippen LogP contribution < -0.4 is 20.1 Å². The third-order valence-electron chi connectivity index (χ3n) is 3.66. The van der Waals surface area contributed by atoms with Crippen molar-refractivity contribution in [1.29, 1.82) is 0 Å². The molecule has 0 aliphatic heterocycles. The normalized spacial score (nSPS) is 11.4. The van der Waals surface area contributed by atoms with Gasteiger partial charge in [-0.15, -0.1) is 0 Å². The van der Waals surface area contributed by atoms with Gasteiger partial charge in [-0.1, -0.05) is 11.6 Å². The van der Waals surface area contributed by atoms with Crippen LogP contribution in [0.25, 0.3) is 0 Å². The summed E-state index contributed by atoms with van der Waals surface area (Å²) in [6, 6.07) is 9.34. The van der Waals surface area contributed by atoms with Gasteiger partial charge < -0.3 is 20.1 Å². The van der Waals surface area contributed by atoms with Crippen LogP contribution in [-0.4, -0.2) is 24.3 Å². The second-order valence-electron chi connectivity index (χ2n) is 5.35. The minimum atomic E-state index is -0.498. The SMILES string of the molecule is COc1ccc(OC)c([C@H](C)NC(=S)Nc2cc([N+](=O)[O-])ccc2Cl)c1. The maximum atomic E-state index is 10.9. The van der Waals surface area contributed by atoms with Crippen molar-refractivity contribution >= 4 is 40.3 Å². The lowest BCUT2D eigenvalue weighted by molar-refractivity contribution is -0.384. The van der Waals surface area contributed by atoms with Crippen molar-refractivity contribution in [2.45, 2.75) is 13.0 Å². The lowest BCUT2D eigenvalue weighted by Crippen LogP contribution is -2.31. The van der Waals surface area contributed by atoms with Crippen LogP contribution in [0.1, 0.15) is 18.5 Å². The number of nitrogens with one attached hydrogen (secondary N) is 2. The highest BCUT2D eigenvalue weighted by Crippen LogP contribution is 2.30. The van der Waals surface area contributed by atoms with Crippen molar-refractivity contribution < 1.29 is 14.4 Å². The lowest BCUT2D eigenvalue weighted by atomic mass is 10.1. The first-order chi connectivity index (χ1) is 12.3. The van der Waals surface area contributed by atoms with E-state index in [-0.39, 0.29) is 16.8 Å². The van der Waals surface area contributed by atoms with Gasteiger partial charge in [-0.25, -0.2) is 0 Å². The molecule has 0 saturated heterocycles. The molecular weight excluding hydrogens is 378 g/mol. The predicted molar refractivity (Wildman–Crippen MR) is 105 cm³/mol. The molecule has 2 aromatic carbocycles. The number of halogens is 1. The molecule has 138 valence electrons. The van der Waals surface area contributed by atoms with Crippen molar-refractivity contribution in [3.63, 3.8) is 0 Å². The quantitative estimate of drug-likeness (QED) is 0.428. The number of nitrogens with zero attached hydrogens (tertiary/aromatic N) is 1. The molecule has 0 fully saturated rings. The molecule has 0 aliphatic carbocycles. The fourth-order valence-electron chi connectivity index (χ4n) is 2.33. The number of thiocarbonyl (C=S) groups is 1. The van der Waals surface area contributed by atoms with Gasteiger partial charge in [0.25, 0.3) is 5.69 Å². The third kappa shape index (κ3) is 4.74. The van der Waals surface area contributed by atoms with E-state index in [1.165, 1.54) is 18.2 Å². The minimum Gasteiger partial charge on any atom is -0.497 e. The van der Waals surface area contributed by atoms with Crippen LogP contribution in [0.4, 0.5) is 11.4 Å². The summed E-state index contributed by atoms with van der Waals surface area (Å²) in [5, 5.41) is 17.5. The highest BCUT2D eigenvalue weighted by Gasteiger charge is 2.15. The van der Waals surface area contributed by atoms with Crippen LogP contribution in [0.2, 0.25) is 5.02 Å². The Labute approximate surface area is 161 Å². The van der Waals surface area contributed by atoms with Gasteiger partial charge in [-0.3, -0.25) is 10.1 Å². The van der Waals surface area contributed by atoms with Crippen LogP contribution in [0, 0.1) is 10.1 Å². The topological polar surface area (TPSA) is 85.7 Å². The lowest BCUT2D eigenvalue weighted by Gasteiger charge is -2.20. The Balaban J connectivity index is 2.15. The molecular formula is C17H18ClN3O4S. The van der Waals surface area contributed by atoms with Gasteiger partial charge in [0, 0.05) is 17.7 Å². The zero-order valence-electron chi connectivity index (χ0n) is 14.4. The summed E-state index contributed by atoms with van der Waals surface area (Å²) in [6.07, 6.45) is 0. The monoisotopic (exact) mass is 395 g/mol. The first kappa shape index (κ1) is 19.7. The molecule has 1 atom stereocenters. The highest BCUT2D eigenvalue weighted by molar-refractivity contribution is 7.80. The van der Waals surface area contributed by atoms with E-state index in [1.807, 2.05) is 13.0 Å². The summed E-state index contributed by atoms with van der Waals surface area (Å²) in [6.45, 7) is 1.90. The maximum absolute atomic E-state index is 10.9. The van der Waals surface area contributed by atoms with E-state index in [9.17, 15) is 10.1 Å². The molecule has 7 nitrogen and oxygen atoms in total. The molecule has 2 N–H and O–H groups in total. The van der Waals surface area contributed by atoms with Crippen molar-refractivity contribution in [1.82, 2.24) is 5.32 Å². The number of non-ortho nitro benzene ring substituents is 1. The molecule has 0 heterocycles. The summed E-state index contributed by atoms with van der Waals surface area (Å²) in [5.74, 6) is 1.37. The van der Waals surface area contributed by atoms with Gasteiger partial charge >= 0.3 is 0 Å². The van der Waals surface area contributed by atoms with E-state index in [0.29, 0.717) is 22.2 Å². The Hall–Kier alpha value is -2.58. The average Bonchev–Trinajstić information content (AvgIpc) is 2.62. The van der Waals surface area contributed by atoms with Gasteiger partial charge in [-0.05, 0) is 43.4 Å². The highest BCUT2D eigenvalue weighted by atomic mass is 35.5. The first-order valence-corrected chi connectivity index (χ1v) is 8.37. The Bertz CT molecular complexity index is 832. The van der Waals surface area contributed by atoms with Crippen molar-refractivity contribution in [2.75, 3.05) is 19.5 Å². The number of ether oxygens (including phenoxy) is 2. The fourth-order valence-corrected chi connectivity index (χ4v) is 2.78. The second kappa shape index (κ2) is 8.68. The number of anilines is 1. The minimum absolute atomic E-state index is 0.0813. The zero-order valence-corrected chi connectivity index (χ0v) is 16.0. The van der Waals surface area contributed by atoms with Gasteiger partial charge in [0.2, 0.25) is 0 Å². The van der Waals surface area contributed by atoms with E-state index in [0.717, 1.165) is 5.56 Å². The molecule has 2 rings (SSSR count). The van der Waals surface area contributed by atoms with E-state index >= 15 is 0 Å². The van der Waals surface area contributed by atoms with Gasteiger partial charge in [-0.2, -0.15) is 0 Å². The van der Waals surface area contributed by atoms with Crippen molar-refractivity contribution in [3.8, 4) is 11.5 Å². The predicted octanol–water partition coefficient (Wildman–Crippen LogP) is 4.31. The van der Waals surface area contributed by atoms with Gasteiger partial charge in [0.15, 0.2) is 5.11 Å². The summed E-state index contributed by atoms with van der Waals surface area (Å²) >= 11 is 11.4. The molecule has 0 amide bonds. The molecule has 0 bridgehead atoms. The maximum Gasteiger partial charge on any atom is 0.271 e. The number of hydrogen-bond acceptors (Lipinski definition) is 5. The Morgan fingerprint density at radius 1 is 1.23 bits per heavy atom. The Morgan fingerprint density at radius 2 is 1.96 bits per heavy atom. The molecule has 0 radical (unpaired) electrons. The average molecular weight is 396 g/mol. The summed E-state index contributed by atoms with van der Waals surface area (Å²) in [4.78, 5) is 10.4. The Morgan fingerprint density at radius 3 is 2.58 bits per heavy atom. The number of hydrogen-bond donors (Lipinski definition) is 2. The van der Waals surface area contributed by atoms with Crippen LogP contribution >= 0.6 is 23.8 Å². The number of nitro benzene ring substituents is 1. The van der Waals surface area contributed by atoms with Crippen LogP contribution in [0.3, 0.4) is 0 Å². The number of nitro groups is 1. The van der Waals surface area contributed by atoms with E-state index in [1.54, 1.807) is 26.4 Å². The second-order valence-corrected chi connectivity index (χ2v) is 6.16. The van der Waals surface area contributed by atoms with E-state index in [2.05, 4.69) is 10.6 Å². The molecule has 0 aromatic heterocycles. The van der Waals surface area contributed by atoms with Crippen LogP contribution in [0.15, 0.2) is 36.4 Å². The molecule has 9 heteroatoms. The Kier molecular flexibility index (Phi) is 6.59. The smallest absolute Gasteiger partial charge is 0.271 e. The van der Waals surface area contributed by atoms with Crippen molar-refractivity contribution in [3.05, 3.63) is 57.1 Å². The van der Waals surface area contributed by atoms with Gasteiger partial charge in [0.1, 0.15) is 11.5 Å². The van der Waals surface area contributed by atoms with Gasteiger partial charge in [0.05, 0.1) is 35.9 Å². The first-order valence-electron chi connectivity index (χ1n) is 7.59. The molecule has 0 unspecified atom stereocenters.